The van der Waals surface area contributed by atoms with Crippen LogP contribution >= 0.6 is 11.6 Å². The fraction of sp³-hybridized carbons (Fsp3) is 0.375. The molecule has 2 aliphatic carbocycles. The van der Waals surface area contributed by atoms with Crippen molar-refractivity contribution in [3.05, 3.63) is 65.2 Å². The zero-order valence-electron chi connectivity index (χ0n) is 16.5. The SMILES string of the molecule is O=C(Nc1ccccc1Cl)[C@@H](Cc1ccccc1)N1C(=O)[C@@H]2[C@@H]3CC[C@@H](C3)[C@@H]2C1=O. The quantitative estimate of drug-likeness (QED) is 0.742. The normalized spacial score (nSPS) is 28.0. The summed E-state index contributed by atoms with van der Waals surface area (Å²) in [6.45, 7) is 0. The Bertz CT molecular complexity index is 981. The molecule has 5 atom stereocenters. The molecule has 3 amide bonds. The molecule has 1 heterocycles. The Labute approximate surface area is 180 Å². The summed E-state index contributed by atoms with van der Waals surface area (Å²) in [7, 11) is 0. The van der Waals surface area contributed by atoms with Gasteiger partial charge in [-0.2, -0.15) is 0 Å². The first kappa shape index (κ1) is 19.3. The van der Waals surface area contributed by atoms with Gasteiger partial charge in [0.1, 0.15) is 6.04 Å². The Morgan fingerprint density at radius 3 is 2.20 bits per heavy atom. The van der Waals surface area contributed by atoms with Gasteiger partial charge in [0.15, 0.2) is 0 Å². The van der Waals surface area contributed by atoms with Crippen molar-refractivity contribution in [2.45, 2.75) is 31.7 Å². The molecule has 0 unspecified atom stereocenters. The Kier molecular flexibility index (Phi) is 4.86. The summed E-state index contributed by atoms with van der Waals surface area (Å²) in [5, 5.41) is 3.25. The van der Waals surface area contributed by atoms with E-state index in [2.05, 4.69) is 5.32 Å². The van der Waals surface area contributed by atoms with Crippen LogP contribution in [0.15, 0.2) is 54.6 Å². The fourth-order valence-corrected chi connectivity index (χ4v) is 5.84. The third-order valence-corrected chi connectivity index (χ3v) is 7.31. The van der Waals surface area contributed by atoms with E-state index in [1.54, 1.807) is 24.3 Å². The van der Waals surface area contributed by atoms with Gasteiger partial charge in [0.25, 0.3) is 0 Å². The van der Waals surface area contributed by atoms with Crippen LogP contribution in [0.1, 0.15) is 24.8 Å². The average molecular weight is 423 g/mol. The van der Waals surface area contributed by atoms with Crippen molar-refractivity contribution >= 4 is 35.0 Å². The van der Waals surface area contributed by atoms with Gasteiger partial charge in [0.05, 0.1) is 22.5 Å². The fourth-order valence-electron chi connectivity index (χ4n) is 5.66. The van der Waals surface area contributed by atoms with E-state index in [-0.39, 0.29) is 47.8 Å². The van der Waals surface area contributed by atoms with Gasteiger partial charge in [0, 0.05) is 6.42 Å². The van der Waals surface area contributed by atoms with Gasteiger partial charge in [0.2, 0.25) is 17.7 Å². The van der Waals surface area contributed by atoms with Crippen LogP contribution in [0.5, 0.6) is 0 Å². The number of likely N-dealkylation sites (tertiary alicyclic amines) is 1. The number of hydrogen-bond acceptors (Lipinski definition) is 3. The zero-order chi connectivity index (χ0) is 20.8. The van der Waals surface area contributed by atoms with Gasteiger partial charge in [-0.25, -0.2) is 0 Å². The molecule has 6 heteroatoms. The van der Waals surface area contributed by atoms with Crippen LogP contribution < -0.4 is 5.32 Å². The second-order valence-corrected chi connectivity index (χ2v) is 9.01. The van der Waals surface area contributed by atoms with Crippen molar-refractivity contribution in [1.82, 2.24) is 4.90 Å². The maximum absolute atomic E-state index is 13.3. The van der Waals surface area contributed by atoms with Crippen LogP contribution in [0.4, 0.5) is 5.69 Å². The van der Waals surface area contributed by atoms with Crippen molar-refractivity contribution in [1.29, 1.82) is 0 Å². The Hall–Kier alpha value is -2.66. The number of rotatable bonds is 5. The molecule has 2 aromatic carbocycles. The van der Waals surface area contributed by atoms with Crippen molar-refractivity contribution in [2.75, 3.05) is 5.32 Å². The number of nitrogens with zero attached hydrogens (tertiary/aromatic N) is 1. The van der Waals surface area contributed by atoms with Crippen molar-refractivity contribution in [3.63, 3.8) is 0 Å². The minimum absolute atomic E-state index is 0.174. The first-order valence-electron chi connectivity index (χ1n) is 10.5. The minimum Gasteiger partial charge on any atom is -0.323 e. The maximum atomic E-state index is 13.3. The third kappa shape index (κ3) is 3.12. The molecular weight excluding hydrogens is 400 g/mol. The molecule has 2 saturated carbocycles. The molecule has 2 aromatic rings. The zero-order valence-corrected chi connectivity index (χ0v) is 17.2. The molecule has 30 heavy (non-hydrogen) atoms. The lowest BCUT2D eigenvalue weighted by Gasteiger charge is -2.27. The van der Waals surface area contributed by atoms with E-state index in [4.69, 9.17) is 11.6 Å². The van der Waals surface area contributed by atoms with E-state index in [0.717, 1.165) is 24.8 Å². The Balaban J connectivity index is 1.47. The van der Waals surface area contributed by atoms with E-state index < -0.39 is 6.04 Å². The van der Waals surface area contributed by atoms with Crippen LogP contribution in [0.2, 0.25) is 5.02 Å². The number of carbonyl (C=O) groups excluding carboxylic acids is 3. The minimum atomic E-state index is -0.895. The number of hydrogen-bond donors (Lipinski definition) is 1. The van der Waals surface area contributed by atoms with E-state index >= 15 is 0 Å². The molecule has 0 aromatic heterocycles. The number of benzene rings is 2. The molecule has 2 bridgehead atoms. The first-order valence-corrected chi connectivity index (χ1v) is 10.9. The lowest BCUT2D eigenvalue weighted by molar-refractivity contribution is -0.147. The highest BCUT2D eigenvalue weighted by atomic mass is 35.5. The summed E-state index contributed by atoms with van der Waals surface area (Å²) < 4.78 is 0. The predicted octanol–water partition coefficient (Wildman–Crippen LogP) is 3.92. The van der Waals surface area contributed by atoms with Gasteiger partial charge in [-0.1, -0.05) is 54.1 Å². The second-order valence-electron chi connectivity index (χ2n) is 8.61. The van der Waals surface area contributed by atoms with E-state index in [1.807, 2.05) is 30.3 Å². The number of carbonyl (C=O) groups is 3. The van der Waals surface area contributed by atoms with Crippen LogP contribution in [0, 0.1) is 23.7 Å². The number of amides is 3. The summed E-state index contributed by atoms with van der Waals surface area (Å²) in [4.78, 5) is 41.3. The van der Waals surface area contributed by atoms with Crippen LogP contribution in [0.25, 0.3) is 0 Å². The molecule has 3 aliphatic rings. The van der Waals surface area contributed by atoms with Crippen molar-refractivity contribution in [3.8, 4) is 0 Å². The molecule has 3 fully saturated rings. The van der Waals surface area contributed by atoms with Gasteiger partial charge in [-0.05, 0) is 48.8 Å². The summed E-state index contributed by atoms with van der Waals surface area (Å²) >= 11 is 6.21. The van der Waals surface area contributed by atoms with Gasteiger partial charge in [-0.3, -0.25) is 19.3 Å². The Morgan fingerprint density at radius 1 is 0.967 bits per heavy atom. The summed E-state index contributed by atoms with van der Waals surface area (Å²) in [6.07, 6.45) is 3.26. The average Bonchev–Trinajstić information content (AvgIpc) is 3.43. The molecule has 0 radical (unpaired) electrons. The molecule has 5 rings (SSSR count). The van der Waals surface area contributed by atoms with E-state index in [0.29, 0.717) is 10.7 Å². The summed E-state index contributed by atoms with van der Waals surface area (Å²) in [6, 6.07) is 15.6. The lowest BCUT2D eigenvalue weighted by atomic mass is 9.81. The highest BCUT2D eigenvalue weighted by molar-refractivity contribution is 6.33. The molecular formula is C24H23ClN2O3. The summed E-state index contributed by atoms with van der Waals surface area (Å²) in [5.41, 5.74) is 1.37. The molecule has 1 saturated heterocycles. The number of para-hydroxylation sites is 1. The standard InChI is InChI=1S/C24H23ClN2O3/c25-17-8-4-5-9-18(17)26-22(28)19(12-14-6-2-1-3-7-14)27-23(29)20-15-10-11-16(13-15)21(20)24(27)30/h1-9,15-16,19-21H,10-13H2,(H,26,28)/t15-,16+,19-,20-,21+/m1/s1. The van der Waals surface area contributed by atoms with Crippen molar-refractivity contribution in [2.24, 2.45) is 23.7 Å². The Morgan fingerprint density at radius 2 is 1.57 bits per heavy atom. The number of anilines is 1. The van der Waals surface area contributed by atoms with Crippen molar-refractivity contribution < 1.29 is 14.4 Å². The second kappa shape index (κ2) is 7.55. The molecule has 1 N–H and O–H groups in total. The first-order chi connectivity index (χ1) is 14.5. The summed E-state index contributed by atoms with van der Waals surface area (Å²) in [5.74, 6) is -0.665. The third-order valence-electron chi connectivity index (χ3n) is 6.98. The molecule has 0 spiro atoms. The van der Waals surface area contributed by atoms with Gasteiger partial charge < -0.3 is 5.32 Å². The highest BCUT2D eigenvalue weighted by Gasteiger charge is 2.62. The number of nitrogens with one attached hydrogen (secondary N) is 1. The lowest BCUT2D eigenvalue weighted by Crippen LogP contribution is -2.49. The van der Waals surface area contributed by atoms with Gasteiger partial charge >= 0.3 is 0 Å². The van der Waals surface area contributed by atoms with Crippen LogP contribution in [-0.2, 0) is 20.8 Å². The molecule has 154 valence electrons. The predicted molar refractivity (Wildman–Crippen MR) is 114 cm³/mol. The van der Waals surface area contributed by atoms with Gasteiger partial charge in [-0.15, -0.1) is 0 Å². The smallest absolute Gasteiger partial charge is 0.248 e. The topological polar surface area (TPSA) is 66.5 Å². The largest absolute Gasteiger partial charge is 0.323 e. The number of imide groups is 1. The molecule has 1 aliphatic heterocycles. The van der Waals surface area contributed by atoms with Crippen LogP contribution in [-0.4, -0.2) is 28.7 Å². The monoisotopic (exact) mass is 422 g/mol. The van der Waals surface area contributed by atoms with Crippen LogP contribution in [0.3, 0.4) is 0 Å². The van der Waals surface area contributed by atoms with E-state index in [1.165, 1.54) is 4.90 Å². The maximum Gasteiger partial charge on any atom is 0.248 e. The molecule has 5 nitrogen and oxygen atoms in total. The van der Waals surface area contributed by atoms with E-state index in [9.17, 15) is 14.4 Å². The highest BCUT2D eigenvalue weighted by Crippen LogP contribution is 2.56. The number of fused-ring (bicyclic) bond motifs is 5. The number of halogens is 1.